The second-order valence-corrected chi connectivity index (χ2v) is 8.46. The number of benzene rings is 3. The molecule has 1 amide bonds. The highest BCUT2D eigenvalue weighted by Gasteiger charge is 2.40. The van der Waals surface area contributed by atoms with E-state index in [1.165, 1.54) is 37.4 Å². The zero-order chi connectivity index (χ0) is 29.2. The van der Waals surface area contributed by atoms with Crippen molar-refractivity contribution in [1.29, 1.82) is 0 Å². The maximum Gasteiger partial charge on any atom is 0.453 e. The number of hydrogen-bond acceptors (Lipinski definition) is 6. The van der Waals surface area contributed by atoms with Crippen LogP contribution in [0.1, 0.15) is 11.3 Å². The lowest BCUT2D eigenvalue weighted by molar-refractivity contribution is -0.154. The van der Waals surface area contributed by atoms with Gasteiger partial charge in [-0.1, -0.05) is 11.6 Å². The molecule has 14 heteroatoms. The number of carbonyl (C=O) groups excluding carboxylic acids is 1. The largest absolute Gasteiger partial charge is 0.497 e. The molecule has 0 atom stereocenters. The average molecular weight is 588 g/mol. The minimum Gasteiger partial charge on any atom is -0.497 e. The summed E-state index contributed by atoms with van der Waals surface area (Å²) in [6, 6.07) is 11.0. The lowest BCUT2D eigenvalue weighted by Gasteiger charge is -2.14. The first kappa shape index (κ1) is 28.6. The molecule has 210 valence electrons. The lowest BCUT2D eigenvalue weighted by Crippen LogP contribution is -2.21. The van der Waals surface area contributed by atoms with Gasteiger partial charge in [0.05, 0.1) is 28.8 Å². The van der Waals surface area contributed by atoms with Crippen molar-refractivity contribution in [2.24, 2.45) is 0 Å². The van der Waals surface area contributed by atoms with Crippen molar-refractivity contribution < 1.29 is 49.8 Å². The van der Waals surface area contributed by atoms with Crippen LogP contribution in [-0.4, -0.2) is 19.6 Å². The molecule has 0 radical (unpaired) electrons. The molecule has 0 fully saturated rings. The summed E-state index contributed by atoms with van der Waals surface area (Å²) in [5.41, 5.74) is -3.01. The van der Waals surface area contributed by atoms with Gasteiger partial charge in [-0.25, -0.2) is 0 Å². The zero-order valence-corrected chi connectivity index (χ0v) is 20.8. The molecule has 0 unspecified atom stereocenters. The average Bonchev–Trinajstić information content (AvgIpc) is 2.89. The topological polar surface area (TPSA) is 87.0 Å². The number of anilines is 1. The predicted molar refractivity (Wildman–Crippen MR) is 131 cm³/mol. The number of methoxy groups -OCH3 is 1. The number of hydrogen-bond donors (Lipinski definition) is 1. The maximum atomic E-state index is 13.8. The molecule has 0 spiro atoms. The summed E-state index contributed by atoms with van der Waals surface area (Å²) < 4.78 is 101. The fraction of sp³-hybridized carbons (Fsp3) is 0.154. The molecule has 0 aliphatic carbocycles. The monoisotopic (exact) mass is 587 g/mol. The number of amides is 1. The molecular weight excluding hydrogens is 572 g/mol. The van der Waals surface area contributed by atoms with E-state index in [0.29, 0.717) is 11.8 Å². The van der Waals surface area contributed by atoms with Crippen molar-refractivity contribution in [3.05, 3.63) is 87.2 Å². The summed E-state index contributed by atoms with van der Waals surface area (Å²) in [6.45, 7) is -0.757. The predicted octanol–water partition coefficient (Wildman–Crippen LogP) is 7.30. The third-order valence-corrected chi connectivity index (χ3v) is 5.63. The van der Waals surface area contributed by atoms with Crippen LogP contribution in [0.15, 0.2) is 69.9 Å². The minimum atomic E-state index is -5.11. The van der Waals surface area contributed by atoms with E-state index in [9.17, 15) is 35.9 Å². The Labute approximate surface area is 225 Å². The van der Waals surface area contributed by atoms with Gasteiger partial charge in [-0.05, 0) is 54.6 Å². The van der Waals surface area contributed by atoms with E-state index in [2.05, 4.69) is 5.32 Å². The van der Waals surface area contributed by atoms with Crippen molar-refractivity contribution in [2.75, 3.05) is 19.0 Å². The Morgan fingerprint density at radius 3 is 2.17 bits per heavy atom. The maximum absolute atomic E-state index is 13.8. The number of alkyl halides is 6. The van der Waals surface area contributed by atoms with Crippen molar-refractivity contribution in [3.8, 4) is 23.0 Å². The van der Waals surface area contributed by atoms with Gasteiger partial charge in [0.25, 0.3) is 11.7 Å². The normalized spacial score (nSPS) is 11.8. The van der Waals surface area contributed by atoms with E-state index >= 15 is 0 Å². The molecule has 7 nitrogen and oxygen atoms in total. The fourth-order valence-corrected chi connectivity index (χ4v) is 3.58. The summed E-state index contributed by atoms with van der Waals surface area (Å²) in [7, 11) is 1.39. The van der Waals surface area contributed by atoms with Gasteiger partial charge in [0, 0.05) is 6.07 Å². The van der Waals surface area contributed by atoms with Gasteiger partial charge in [0.1, 0.15) is 22.8 Å². The van der Waals surface area contributed by atoms with E-state index in [1.807, 2.05) is 0 Å². The highest BCUT2D eigenvalue weighted by molar-refractivity contribution is 6.33. The number of fused-ring (bicyclic) bond motifs is 1. The Bertz CT molecular complexity index is 1620. The van der Waals surface area contributed by atoms with Gasteiger partial charge < -0.3 is 23.9 Å². The van der Waals surface area contributed by atoms with Crippen LogP contribution in [0.4, 0.5) is 32.0 Å². The Balaban J connectivity index is 1.57. The standard InChI is InChI=1S/C26H16ClF6NO6/c1-37-14-3-5-15(6-4-14)39-23-22(36)17-8-7-16(11-20(17)40-24(23)26(31,32)33)38-12-21(35)34-19-10-13(25(28,29)30)2-9-18(19)27/h2-11H,12H2,1H3,(H,34,35). The number of ether oxygens (including phenoxy) is 3. The molecular formula is C26H16ClF6NO6. The van der Waals surface area contributed by atoms with Crippen molar-refractivity contribution >= 4 is 34.2 Å². The fourth-order valence-electron chi connectivity index (χ4n) is 3.42. The van der Waals surface area contributed by atoms with Gasteiger partial charge >= 0.3 is 12.4 Å². The Hall–Kier alpha value is -4.39. The molecule has 4 aromatic rings. The molecule has 0 aliphatic rings. The molecule has 40 heavy (non-hydrogen) atoms. The molecule has 4 rings (SSSR count). The van der Waals surface area contributed by atoms with Crippen LogP contribution in [-0.2, 0) is 17.1 Å². The van der Waals surface area contributed by atoms with Crippen LogP contribution in [0.3, 0.4) is 0 Å². The molecule has 1 heterocycles. The molecule has 0 saturated carbocycles. The van der Waals surface area contributed by atoms with Gasteiger partial charge in [0.15, 0.2) is 6.61 Å². The SMILES string of the molecule is COc1ccc(Oc2c(C(F)(F)F)oc3cc(OCC(=O)Nc4cc(C(F)(F)F)ccc4Cl)ccc3c2=O)cc1. The van der Waals surface area contributed by atoms with Crippen LogP contribution in [0.5, 0.6) is 23.0 Å². The molecule has 0 bridgehead atoms. The summed E-state index contributed by atoms with van der Waals surface area (Å²) in [6.07, 6.45) is -9.79. The summed E-state index contributed by atoms with van der Waals surface area (Å²) >= 11 is 5.84. The van der Waals surface area contributed by atoms with Crippen LogP contribution in [0, 0.1) is 0 Å². The second kappa shape index (κ2) is 11.0. The van der Waals surface area contributed by atoms with Crippen LogP contribution < -0.4 is 25.0 Å². The second-order valence-electron chi connectivity index (χ2n) is 8.05. The summed E-state index contributed by atoms with van der Waals surface area (Å²) in [5, 5.41) is 1.72. The third-order valence-electron chi connectivity index (χ3n) is 5.30. The number of halogens is 7. The van der Waals surface area contributed by atoms with Crippen molar-refractivity contribution in [1.82, 2.24) is 0 Å². The van der Waals surface area contributed by atoms with E-state index in [1.54, 1.807) is 0 Å². The first-order valence-corrected chi connectivity index (χ1v) is 11.4. The number of nitrogens with one attached hydrogen (secondary N) is 1. The molecule has 1 N–H and O–H groups in total. The Morgan fingerprint density at radius 2 is 1.55 bits per heavy atom. The highest BCUT2D eigenvalue weighted by atomic mass is 35.5. The van der Waals surface area contributed by atoms with Gasteiger partial charge in [-0.3, -0.25) is 9.59 Å². The van der Waals surface area contributed by atoms with Gasteiger partial charge in [-0.15, -0.1) is 0 Å². The third kappa shape index (κ3) is 6.42. The van der Waals surface area contributed by atoms with Crippen LogP contribution in [0.25, 0.3) is 11.0 Å². The molecule has 0 saturated heterocycles. The molecule has 0 aliphatic heterocycles. The minimum absolute atomic E-state index is 0.0789. The Kier molecular flexibility index (Phi) is 7.87. The zero-order valence-electron chi connectivity index (χ0n) is 20.1. The first-order chi connectivity index (χ1) is 18.8. The van der Waals surface area contributed by atoms with E-state index in [0.717, 1.165) is 24.3 Å². The van der Waals surface area contributed by atoms with Crippen molar-refractivity contribution in [2.45, 2.75) is 12.4 Å². The van der Waals surface area contributed by atoms with Crippen molar-refractivity contribution in [3.63, 3.8) is 0 Å². The Morgan fingerprint density at radius 1 is 0.900 bits per heavy atom. The van der Waals surface area contributed by atoms with Crippen LogP contribution >= 0.6 is 11.6 Å². The quantitative estimate of drug-likeness (QED) is 0.228. The summed E-state index contributed by atoms with van der Waals surface area (Å²) in [4.78, 5) is 25.2. The molecule has 1 aromatic heterocycles. The lowest BCUT2D eigenvalue weighted by atomic mass is 10.2. The summed E-state index contributed by atoms with van der Waals surface area (Å²) in [5.74, 6) is -3.54. The first-order valence-electron chi connectivity index (χ1n) is 11.1. The van der Waals surface area contributed by atoms with Gasteiger partial charge in [-0.2, -0.15) is 26.3 Å². The van der Waals surface area contributed by atoms with Crippen LogP contribution in [0.2, 0.25) is 5.02 Å². The van der Waals surface area contributed by atoms with Gasteiger partial charge in [0.2, 0.25) is 11.2 Å². The number of carbonyl (C=O) groups is 1. The van der Waals surface area contributed by atoms with E-state index < -0.39 is 53.0 Å². The molecule has 3 aromatic carbocycles. The van der Waals surface area contributed by atoms with E-state index in [4.69, 9.17) is 30.2 Å². The number of rotatable bonds is 7. The highest BCUT2D eigenvalue weighted by Crippen LogP contribution is 2.39. The van der Waals surface area contributed by atoms with E-state index in [-0.39, 0.29) is 27.6 Å². The smallest absolute Gasteiger partial charge is 0.453 e.